The number of rotatable bonds is 5. The van der Waals surface area contributed by atoms with Crippen molar-refractivity contribution in [1.29, 1.82) is 0 Å². The molecule has 0 bridgehead atoms. The highest BCUT2D eigenvalue weighted by atomic mass is 15.4. The number of benzene rings is 1. The van der Waals surface area contributed by atoms with Crippen LogP contribution in [0.3, 0.4) is 0 Å². The zero-order valence-electron chi connectivity index (χ0n) is 14.3. The maximum atomic E-state index is 4.76. The zero-order valence-corrected chi connectivity index (χ0v) is 14.3. The van der Waals surface area contributed by atoms with E-state index in [1.165, 1.54) is 24.1 Å². The fourth-order valence-corrected chi connectivity index (χ4v) is 2.88. The summed E-state index contributed by atoms with van der Waals surface area (Å²) in [6, 6.07) is 12.6. The van der Waals surface area contributed by atoms with Gasteiger partial charge in [0.15, 0.2) is 11.5 Å². The Balaban J connectivity index is 1.59. The van der Waals surface area contributed by atoms with Gasteiger partial charge in [0.1, 0.15) is 5.82 Å². The minimum atomic E-state index is 0.532. The third kappa shape index (κ3) is 2.79. The molecule has 0 atom stereocenters. The first-order valence-electron chi connectivity index (χ1n) is 8.31. The molecule has 1 aliphatic rings. The molecule has 0 N–H and O–H groups in total. The molecule has 2 heterocycles. The monoisotopic (exact) mass is 322 g/mol. The first-order valence-corrected chi connectivity index (χ1v) is 8.31. The third-order valence-electron chi connectivity index (χ3n) is 4.45. The van der Waals surface area contributed by atoms with E-state index in [0.29, 0.717) is 5.92 Å². The van der Waals surface area contributed by atoms with Crippen molar-refractivity contribution in [1.82, 2.24) is 19.8 Å². The number of hydrogen-bond acceptors (Lipinski definition) is 5. The topological polar surface area (TPSA) is 49.6 Å². The molecule has 24 heavy (non-hydrogen) atoms. The third-order valence-corrected chi connectivity index (χ3v) is 4.45. The van der Waals surface area contributed by atoms with Crippen molar-refractivity contribution in [2.24, 2.45) is 0 Å². The molecule has 1 fully saturated rings. The molecule has 1 saturated carbocycles. The van der Waals surface area contributed by atoms with Gasteiger partial charge in [0.2, 0.25) is 0 Å². The van der Waals surface area contributed by atoms with Gasteiger partial charge in [0.05, 0.1) is 0 Å². The SMILES string of the molecule is CN(C)c1cccc(CN(C)c2ccc3nnc(C4CC4)n3n2)c1. The fourth-order valence-electron chi connectivity index (χ4n) is 2.88. The summed E-state index contributed by atoms with van der Waals surface area (Å²) in [5.41, 5.74) is 3.29. The van der Waals surface area contributed by atoms with Crippen LogP contribution < -0.4 is 9.80 Å². The quantitative estimate of drug-likeness (QED) is 0.723. The van der Waals surface area contributed by atoms with Crippen molar-refractivity contribution >= 4 is 17.2 Å². The molecule has 4 rings (SSSR count). The highest BCUT2D eigenvalue weighted by molar-refractivity contribution is 5.49. The Bertz CT molecular complexity index is 865. The van der Waals surface area contributed by atoms with Gasteiger partial charge in [-0.3, -0.25) is 0 Å². The molecule has 1 aliphatic carbocycles. The number of anilines is 2. The van der Waals surface area contributed by atoms with Gasteiger partial charge in [0.25, 0.3) is 0 Å². The van der Waals surface area contributed by atoms with Crippen LogP contribution in [0.1, 0.15) is 30.1 Å². The number of aromatic nitrogens is 4. The Morgan fingerprint density at radius 3 is 2.67 bits per heavy atom. The van der Waals surface area contributed by atoms with Gasteiger partial charge in [-0.2, -0.15) is 4.52 Å². The molecule has 0 saturated heterocycles. The number of hydrogen-bond donors (Lipinski definition) is 0. The predicted octanol–water partition coefficient (Wildman–Crippen LogP) is 2.70. The van der Waals surface area contributed by atoms with Gasteiger partial charge in [-0.15, -0.1) is 15.3 Å². The van der Waals surface area contributed by atoms with Crippen LogP contribution >= 0.6 is 0 Å². The number of fused-ring (bicyclic) bond motifs is 1. The van der Waals surface area contributed by atoms with Crippen LogP contribution in [0.25, 0.3) is 5.65 Å². The first kappa shape index (κ1) is 14.9. The summed E-state index contributed by atoms with van der Waals surface area (Å²) in [5.74, 6) is 2.46. The van der Waals surface area contributed by atoms with Gasteiger partial charge in [-0.1, -0.05) is 12.1 Å². The Hall–Kier alpha value is -2.63. The minimum Gasteiger partial charge on any atom is -0.378 e. The molecule has 0 spiro atoms. The second-order valence-electron chi connectivity index (χ2n) is 6.71. The summed E-state index contributed by atoms with van der Waals surface area (Å²) in [6.07, 6.45) is 2.39. The van der Waals surface area contributed by atoms with Crippen molar-refractivity contribution in [2.45, 2.75) is 25.3 Å². The largest absolute Gasteiger partial charge is 0.378 e. The smallest absolute Gasteiger partial charge is 0.178 e. The standard InChI is InChI=1S/C18H22N6/c1-22(2)15-6-4-5-13(11-15)12-23(3)17-10-9-16-19-20-18(14-7-8-14)24(16)21-17/h4-6,9-11,14H,7-8,12H2,1-3H3. The van der Waals surface area contributed by atoms with E-state index in [1.54, 1.807) is 0 Å². The lowest BCUT2D eigenvalue weighted by Gasteiger charge is -2.20. The van der Waals surface area contributed by atoms with Crippen molar-refractivity contribution in [2.75, 3.05) is 30.9 Å². The fraction of sp³-hybridized carbons (Fsp3) is 0.389. The Labute approximate surface area is 141 Å². The summed E-state index contributed by atoms with van der Waals surface area (Å²) in [7, 11) is 6.19. The lowest BCUT2D eigenvalue weighted by molar-refractivity contribution is 0.788. The predicted molar refractivity (Wildman–Crippen MR) is 95.6 cm³/mol. The molecule has 0 aliphatic heterocycles. The van der Waals surface area contributed by atoms with Crippen LogP contribution in [0.2, 0.25) is 0 Å². The van der Waals surface area contributed by atoms with E-state index >= 15 is 0 Å². The van der Waals surface area contributed by atoms with Crippen LogP contribution in [0.15, 0.2) is 36.4 Å². The summed E-state index contributed by atoms with van der Waals surface area (Å²) < 4.78 is 1.90. The highest BCUT2D eigenvalue weighted by Gasteiger charge is 2.29. The summed E-state index contributed by atoms with van der Waals surface area (Å²) >= 11 is 0. The lowest BCUT2D eigenvalue weighted by Crippen LogP contribution is -2.19. The molecule has 0 amide bonds. The zero-order chi connectivity index (χ0) is 16.7. The average molecular weight is 322 g/mol. The van der Waals surface area contributed by atoms with Crippen LogP contribution in [-0.4, -0.2) is 41.0 Å². The average Bonchev–Trinajstić information content (AvgIpc) is 3.34. The van der Waals surface area contributed by atoms with E-state index in [0.717, 1.165) is 23.8 Å². The second kappa shape index (κ2) is 5.78. The second-order valence-corrected chi connectivity index (χ2v) is 6.71. The van der Waals surface area contributed by atoms with E-state index in [4.69, 9.17) is 5.10 Å². The van der Waals surface area contributed by atoms with E-state index in [2.05, 4.69) is 65.4 Å². The van der Waals surface area contributed by atoms with E-state index in [1.807, 2.05) is 16.6 Å². The molecule has 124 valence electrons. The van der Waals surface area contributed by atoms with Crippen LogP contribution in [0.5, 0.6) is 0 Å². The van der Waals surface area contributed by atoms with Crippen molar-refractivity contribution < 1.29 is 0 Å². The van der Waals surface area contributed by atoms with Gasteiger partial charge < -0.3 is 9.80 Å². The molecule has 0 unspecified atom stereocenters. The Morgan fingerprint density at radius 1 is 1.08 bits per heavy atom. The molecule has 2 aromatic heterocycles. The van der Waals surface area contributed by atoms with Crippen LogP contribution in [0, 0.1) is 0 Å². The Morgan fingerprint density at radius 2 is 1.92 bits per heavy atom. The summed E-state index contributed by atoms with van der Waals surface area (Å²) in [6.45, 7) is 0.807. The molecule has 0 radical (unpaired) electrons. The first-order chi connectivity index (χ1) is 11.6. The van der Waals surface area contributed by atoms with Crippen molar-refractivity contribution in [3.05, 3.63) is 47.8 Å². The molecular formula is C18H22N6. The summed E-state index contributed by atoms with van der Waals surface area (Å²) in [4.78, 5) is 4.28. The summed E-state index contributed by atoms with van der Waals surface area (Å²) in [5, 5.41) is 13.3. The molecular weight excluding hydrogens is 300 g/mol. The van der Waals surface area contributed by atoms with Gasteiger partial charge in [-0.25, -0.2) is 0 Å². The maximum absolute atomic E-state index is 4.76. The molecule has 3 aromatic rings. The van der Waals surface area contributed by atoms with E-state index in [-0.39, 0.29) is 0 Å². The van der Waals surface area contributed by atoms with Crippen LogP contribution in [0.4, 0.5) is 11.5 Å². The molecule has 6 heteroatoms. The van der Waals surface area contributed by atoms with E-state index < -0.39 is 0 Å². The van der Waals surface area contributed by atoms with Gasteiger partial charge in [-0.05, 0) is 42.7 Å². The Kier molecular flexibility index (Phi) is 3.59. The van der Waals surface area contributed by atoms with Gasteiger partial charge >= 0.3 is 0 Å². The molecule has 1 aromatic carbocycles. The maximum Gasteiger partial charge on any atom is 0.178 e. The number of nitrogens with zero attached hydrogens (tertiary/aromatic N) is 6. The normalized spacial score (nSPS) is 14.1. The van der Waals surface area contributed by atoms with Crippen LogP contribution in [-0.2, 0) is 6.54 Å². The minimum absolute atomic E-state index is 0.532. The highest BCUT2D eigenvalue weighted by Crippen LogP contribution is 2.38. The lowest BCUT2D eigenvalue weighted by atomic mass is 10.2. The van der Waals surface area contributed by atoms with E-state index in [9.17, 15) is 0 Å². The van der Waals surface area contributed by atoms with Crippen molar-refractivity contribution in [3.8, 4) is 0 Å². The molecule has 6 nitrogen and oxygen atoms in total. The van der Waals surface area contributed by atoms with Crippen molar-refractivity contribution in [3.63, 3.8) is 0 Å². The van der Waals surface area contributed by atoms with Gasteiger partial charge in [0, 0.05) is 39.3 Å².